The fraction of sp³-hybridized carbons (Fsp3) is 0.263. The van der Waals surface area contributed by atoms with Gasteiger partial charge in [-0.15, -0.1) is 0 Å². The summed E-state index contributed by atoms with van der Waals surface area (Å²) < 4.78 is 52.0. The van der Waals surface area contributed by atoms with Crippen molar-refractivity contribution < 1.29 is 22.4 Å². The van der Waals surface area contributed by atoms with E-state index >= 15 is 0 Å². The van der Waals surface area contributed by atoms with Crippen molar-refractivity contribution in [2.24, 2.45) is 0 Å². The largest absolute Gasteiger partial charge is 0.419 e. The van der Waals surface area contributed by atoms with Gasteiger partial charge in [0.05, 0.1) is 5.56 Å². The van der Waals surface area contributed by atoms with Crippen molar-refractivity contribution in [1.82, 2.24) is 10.3 Å². The summed E-state index contributed by atoms with van der Waals surface area (Å²) in [6.07, 6.45) is -2.44. The molecule has 0 unspecified atom stereocenters. The van der Waals surface area contributed by atoms with E-state index in [4.69, 9.17) is 0 Å². The molecule has 0 fully saturated rings. The first-order valence-corrected chi connectivity index (χ1v) is 8.29. The summed E-state index contributed by atoms with van der Waals surface area (Å²) in [4.78, 5) is 15.9. The maximum absolute atomic E-state index is 13.4. The van der Waals surface area contributed by atoms with Crippen LogP contribution in [0, 0.1) is 5.82 Å². The molecule has 142 valence electrons. The summed E-state index contributed by atoms with van der Waals surface area (Å²) in [6.45, 7) is 2.25. The second-order valence-electron chi connectivity index (χ2n) is 6.26. The molecule has 0 radical (unpaired) electrons. The predicted octanol–water partition coefficient (Wildman–Crippen LogP) is 4.04. The number of hydrogen-bond donors (Lipinski definition) is 2. The number of carbonyl (C=O) groups is 1. The van der Waals surface area contributed by atoms with Gasteiger partial charge in [-0.3, -0.25) is 9.78 Å². The minimum absolute atomic E-state index is 0.122. The number of amides is 1. The normalized spacial score (nSPS) is 14.9. The fourth-order valence-electron chi connectivity index (χ4n) is 2.85. The average molecular weight is 379 g/mol. The Morgan fingerprint density at radius 2 is 2.00 bits per heavy atom. The molecule has 0 saturated heterocycles. The van der Waals surface area contributed by atoms with Crippen LogP contribution in [0.15, 0.2) is 47.8 Å². The van der Waals surface area contributed by atoms with Crippen molar-refractivity contribution in [2.75, 3.05) is 11.9 Å². The quantitative estimate of drug-likeness (QED) is 0.789. The van der Waals surface area contributed by atoms with Crippen LogP contribution in [-0.4, -0.2) is 17.4 Å². The molecule has 0 saturated carbocycles. The van der Waals surface area contributed by atoms with Crippen LogP contribution >= 0.6 is 0 Å². The Balaban J connectivity index is 1.81. The highest BCUT2D eigenvalue weighted by Crippen LogP contribution is 2.32. The zero-order valence-corrected chi connectivity index (χ0v) is 14.5. The van der Waals surface area contributed by atoms with Crippen LogP contribution in [0.25, 0.3) is 0 Å². The first-order chi connectivity index (χ1) is 12.7. The molecule has 1 aliphatic heterocycles. The summed E-state index contributed by atoms with van der Waals surface area (Å²) >= 11 is 0. The standard InChI is InChI=1S/C19H17F4N3O/c1-11-17(5-7-25-18(11)27)26-13-4-6-24-14(10-13)8-12-2-3-16(20)15(9-12)19(21,22)23/h2-4,6,9-10H,5,7-8H2,1H3,(H,24,26)(H,25,27). The lowest BCUT2D eigenvalue weighted by molar-refractivity contribution is -0.140. The van der Waals surface area contributed by atoms with Crippen molar-refractivity contribution in [3.05, 3.63) is 70.4 Å². The van der Waals surface area contributed by atoms with Crippen LogP contribution < -0.4 is 10.6 Å². The van der Waals surface area contributed by atoms with Crippen molar-refractivity contribution in [2.45, 2.75) is 25.9 Å². The van der Waals surface area contributed by atoms with E-state index in [1.165, 1.54) is 12.3 Å². The number of rotatable bonds is 4. The molecule has 3 rings (SSSR count). The summed E-state index contributed by atoms with van der Waals surface area (Å²) in [7, 11) is 0. The maximum Gasteiger partial charge on any atom is 0.419 e. The van der Waals surface area contributed by atoms with Crippen LogP contribution in [0.3, 0.4) is 0 Å². The second-order valence-corrected chi connectivity index (χ2v) is 6.26. The molecule has 4 nitrogen and oxygen atoms in total. The number of aromatic nitrogens is 1. The molecule has 0 atom stereocenters. The minimum Gasteiger partial charge on any atom is -0.358 e. The molecule has 2 heterocycles. The highest BCUT2D eigenvalue weighted by atomic mass is 19.4. The van der Waals surface area contributed by atoms with E-state index < -0.39 is 17.6 Å². The average Bonchev–Trinajstić information content (AvgIpc) is 2.60. The smallest absolute Gasteiger partial charge is 0.358 e. The lowest BCUT2D eigenvalue weighted by atomic mass is 10.0. The molecule has 27 heavy (non-hydrogen) atoms. The number of halogens is 4. The Kier molecular flexibility index (Phi) is 5.16. The SMILES string of the molecule is CC1=C(Nc2ccnc(Cc3ccc(F)c(C(F)(F)F)c3)c2)CCNC1=O. The second kappa shape index (κ2) is 7.38. The highest BCUT2D eigenvalue weighted by molar-refractivity contribution is 5.95. The third-order valence-corrected chi connectivity index (χ3v) is 4.29. The molecule has 0 aliphatic carbocycles. The van der Waals surface area contributed by atoms with Crippen LogP contribution in [0.4, 0.5) is 23.2 Å². The van der Waals surface area contributed by atoms with Gasteiger partial charge in [-0.05, 0) is 36.8 Å². The van der Waals surface area contributed by atoms with E-state index in [-0.39, 0.29) is 12.3 Å². The Hall–Kier alpha value is -2.90. The zero-order valence-electron chi connectivity index (χ0n) is 14.5. The van der Waals surface area contributed by atoms with Crippen molar-refractivity contribution in [1.29, 1.82) is 0 Å². The lowest BCUT2D eigenvalue weighted by Gasteiger charge is -2.20. The van der Waals surface area contributed by atoms with Crippen LogP contribution in [0.1, 0.15) is 30.2 Å². The summed E-state index contributed by atoms with van der Waals surface area (Å²) in [6, 6.07) is 6.33. The number of carbonyl (C=O) groups excluding carboxylic acids is 1. The van der Waals surface area contributed by atoms with E-state index in [1.54, 1.807) is 19.1 Å². The molecule has 1 amide bonds. The summed E-state index contributed by atoms with van der Waals surface area (Å²) in [5, 5.41) is 5.91. The highest BCUT2D eigenvalue weighted by Gasteiger charge is 2.34. The number of anilines is 1. The van der Waals surface area contributed by atoms with Gasteiger partial charge in [0.1, 0.15) is 5.82 Å². The van der Waals surface area contributed by atoms with Gasteiger partial charge < -0.3 is 10.6 Å². The number of hydrogen-bond acceptors (Lipinski definition) is 3. The van der Waals surface area contributed by atoms with Crippen molar-refractivity contribution >= 4 is 11.6 Å². The van der Waals surface area contributed by atoms with Crippen LogP contribution in [0.5, 0.6) is 0 Å². The molecule has 1 aromatic heterocycles. The Morgan fingerprint density at radius 3 is 2.74 bits per heavy atom. The predicted molar refractivity (Wildman–Crippen MR) is 92.4 cm³/mol. The van der Waals surface area contributed by atoms with Gasteiger partial charge >= 0.3 is 6.18 Å². The van der Waals surface area contributed by atoms with Gasteiger partial charge in [0, 0.05) is 48.2 Å². The molecule has 0 bridgehead atoms. The van der Waals surface area contributed by atoms with Gasteiger partial charge in [0.25, 0.3) is 0 Å². The van der Waals surface area contributed by atoms with Crippen molar-refractivity contribution in [3.63, 3.8) is 0 Å². The fourth-order valence-corrected chi connectivity index (χ4v) is 2.85. The number of pyridine rings is 1. The molecule has 8 heteroatoms. The Bertz CT molecular complexity index is 906. The van der Waals surface area contributed by atoms with Gasteiger partial charge in [0.15, 0.2) is 0 Å². The van der Waals surface area contributed by atoms with Crippen LogP contribution in [0.2, 0.25) is 0 Å². The third kappa shape index (κ3) is 4.45. The molecule has 2 N–H and O–H groups in total. The van der Waals surface area contributed by atoms with E-state index in [0.717, 1.165) is 17.8 Å². The molecular formula is C19H17F4N3O. The summed E-state index contributed by atoms with van der Waals surface area (Å²) in [5.74, 6) is -1.43. The summed E-state index contributed by atoms with van der Waals surface area (Å²) in [5.41, 5.74) is 1.61. The Labute approximate surface area is 153 Å². The molecule has 1 aliphatic rings. The molecule has 0 spiro atoms. The zero-order chi connectivity index (χ0) is 19.6. The number of alkyl halides is 3. The van der Waals surface area contributed by atoms with Gasteiger partial charge in [-0.2, -0.15) is 13.2 Å². The van der Waals surface area contributed by atoms with Gasteiger partial charge in [-0.25, -0.2) is 4.39 Å². The molecule has 2 aromatic rings. The van der Waals surface area contributed by atoms with E-state index in [1.807, 2.05) is 0 Å². The molecular weight excluding hydrogens is 362 g/mol. The van der Waals surface area contributed by atoms with Crippen LogP contribution in [-0.2, 0) is 17.4 Å². The maximum atomic E-state index is 13.4. The number of nitrogens with zero attached hydrogens (tertiary/aromatic N) is 1. The number of nitrogens with one attached hydrogen (secondary N) is 2. The van der Waals surface area contributed by atoms with E-state index in [0.29, 0.717) is 35.5 Å². The van der Waals surface area contributed by atoms with E-state index in [9.17, 15) is 22.4 Å². The first-order valence-electron chi connectivity index (χ1n) is 8.29. The third-order valence-electron chi connectivity index (χ3n) is 4.29. The van der Waals surface area contributed by atoms with Gasteiger partial charge in [-0.1, -0.05) is 6.07 Å². The van der Waals surface area contributed by atoms with Gasteiger partial charge in [0.2, 0.25) is 5.91 Å². The molecule has 1 aromatic carbocycles. The number of benzene rings is 1. The van der Waals surface area contributed by atoms with E-state index in [2.05, 4.69) is 15.6 Å². The first kappa shape index (κ1) is 18.9. The Morgan fingerprint density at radius 1 is 1.22 bits per heavy atom. The monoisotopic (exact) mass is 379 g/mol. The lowest BCUT2D eigenvalue weighted by Crippen LogP contribution is -2.32. The minimum atomic E-state index is -4.75. The van der Waals surface area contributed by atoms with Crippen molar-refractivity contribution in [3.8, 4) is 0 Å². The topological polar surface area (TPSA) is 54.0 Å².